The topological polar surface area (TPSA) is 0 Å². The summed E-state index contributed by atoms with van der Waals surface area (Å²) in [5.74, 6) is 4.07. The Morgan fingerprint density at radius 1 is 0.839 bits per heavy atom. The lowest BCUT2D eigenvalue weighted by Gasteiger charge is -2.38. The van der Waals surface area contributed by atoms with Gasteiger partial charge in [0.05, 0.1) is 5.02 Å². The number of hydrogen-bond acceptors (Lipinski definition) is 0. The maximum absolute atomic E-state index is 13.7. The predicted octanol–water partition coefficient (Wildman–Crippen LogP) is 9.22. The SMILES string of the molecule is CC(CC1CCC(C2CCC(CCc3ccc(Cl)c(F)c3)CC2)CC1)c1ccccc1. The van der Waals surface area contributed by atoms with Crippen molar-refractivity contribution in [3.63, 3.8) is 0 Å². The van der Waals surface area contributed by atoms with Gasteiger partial charge in [0, 0.05) is 0 Å². The van der Waals surface area contributed by atoms with Gasteiger partial charge >= 0.3 is 0 Å². The quantitative estimate of drug-likeness (QED) is 0.402. The van der Waals surface area contributed by atoms with E-state index in [9.17, 15) is 4.39 Å². The van der Waals surface area contributed by atoms with Gasteiger partial charge in [0.1, 0.15) is 5.82 Å². The summed E-state index contributed by atoms with van der Waals surface area (Å²) in [4.78, 5) is 0. The molecule has 0 spiro atoms. The molecule has 0 aliphatic heterocycles. The van der Waals surface area contributed by atoms with E-state index in [1.807, 2.05) is 6.07 Å². The van der Waals surface area contributed by atoms with Gasteiger partial charge in [-0.2, -0.15) is 0 Å². The first kappa shape index (κ1) is 22.8. The van der Waals surface area contributed by atoms with Crippen LogP contribution in [0.15, 0.2) is 48.5 Å². The molecule has 4 rings (SSSR count). The predicted molar refractivity (Wildman–Crippen MR) is 130 cm³/mol. The van der Waals surface area contributed by atoms with E-state index in [1.165, 1.54) is 69.8 Å². The van der Waals surface area contributed by atoms with Crippen LogP contribution in [0.25, 0.3) is 0 Å². The zero-order chi connectivity index (χ0) is 21.6. The van der Waals surface area contributed by atoms with Crippen LogP contribution in [0.5, 0.6) is 0 Å². The van der Waals surface area contributed by atoms with Gasteiger partial charge in [-0.1, -0.05) is 80.6 Å². The zero-order valence-electron chi connectivity index (χ0n) is 19.0. The third kappa shape index (κ3) is 6.35. The maximum Gasteiger partial charge on any atom is 0.142 e. The fraction of sp³-hybridized carbons (Fsp3) is 0.586. The Bertz CT molecular complexity index is 801. The molecule has 0 aromatic heterocycles. The van der Waals surface area contributed by atoms with Crippen molar-refractivity contribution in [3.05, 3.63) is 70.5 Å². The molecule has 0 amide bonds. The fourth-order valence-electron chi connectivity index (χ4n) is 6.33. The molecular weight excluding hydrogens is 403 g/mol. The van der Waals surface area contributed by atoms with E-state index < -0.39 is 0 Å². The first-order valence-corrected chi connectivity index (χ1v) is 12.9. The number of aryl methyl sites for hydroxylation is 1. The minimum Gasteiger partial charge on any atom is -0.205 e. The fourth-order valence-corrected chi connectivity index (χ4v) is 6.44. The molecule has 1 unspecified atom stereocenters. The molecule has 2 fully saturated rings. The summed E-state index contributed by atoms with van der Waals surface area (Å²) in [6.07, 6.45) is 14.9. The molecule has 2 aliphatic rings. The molecule has 2 heteroatoms. The van der Waals surface area contributed by atoms with Crippen LogP contribution in [0.1, 0.15) is 88.2 Å². The maximum atomic E-state index is 13.7. The lowest BCUT2D eigenvalue weighted by molar-refractivity contribution is 0.139. The van der Waals surface area contributed by atoms with Crippen LogP contribution in [0, 0.1) is 29.5 Å². The molecule has 0 N–H and O–H groups in total. The van der Waals surface area contributed by atoms with Crippen molar-refractivity contribution in [2.75, 3.05) is 0 Å². The minimum atomic E-state index is -0.281. The van der Waals surface area contributed by atoms with Crippen molar-refractivity contribution in [2.45, 2.75) is 83.5 Å². The van der Waals surface area contributed by atoms with Gasteiger partial charge in [-0.05, 0) is 97.8 Å². The molecule has 168 valence electrons. The van der Waals surface area contributed by atoms with Crippen LogP contribution < -0.4 is 0 Å². The largest absolute Gasteiger partial charge is 0.205 e. The number of benzene rings is 2. The second kappa shape index (κ2) is 11.0. The van der Waals surface area contributed by atoms with Gasteiger partial charge in [-0.15, -0.1) is 0 Å². The summed E-state index contributed by atoms with van der Waals surface area (Å²) in [5.41, 5.74) is 2.59. The number of hydrogen-bond donors (Lipinski definition) is 0. The Morgan fingerprint density at radius 3 is 2.06 bits per heavy atom. The molecule has 0 nitrogen and oxygen atoms in total. The van der Waals surface area contributed by atoms with Crippen molar-refractivity contribution < 1.29 is 4.39 Å². The van der Waals surface area contributed by atoms with Crippen LogP contribution >= 0.6 is 11.6 Å². The van der Waals surface area contributed by atoms with Crippen molar-refractivity contribution in [1.82, 2.24) is 0 Å². The van der Waals surface area contributed by atoms with Crippen molar-refractivity contribution in [2.24, 2.45) is 23.7 Å². The molecule has 2 saturated carbocycles. The molecule has 31 heavy (non-hydrogen) atoms. The van der Waals surface area contributed by atoms with E-state index in [-0.39, 0.29) is 10.8 Å². The third-order valence-corrected chi connectivity index (χ3v) is 8.64. The lowest BCUT2D eigenvalue weighted by atomic mass is 9.67. The zero-order valence-corrected chi connectivity index (χ0v) is 19.8. The first-order valence-electron chi connectivity index (χ1n) is 12.6. The van der Waals surface area contributed by atoms with Gasteiger partial charge < -0.3 is 0 Å². The number of halogens is 2. The smallest absolute Gasteiger partial charge is 0.142 e. The van der Waals surface area contributed by atoms with Crippen LogP contribution in [-0.4, -0.2) is 0 Å². The van der Waals surface area contributed by atoms with Crippen molar-refractivity contribution in [1.29, 1.82) is 0 Å². The van der Waals surface area contributed by atoms with Crippen LogP contribution in [0.4, 0.5) is 4.39 Å². The first-order chi connectivity index (χ1) is 15.1. The Morgan fingerprint density at radius 2 is 1.45 bits per heavy atom. The van der Waals surface area contributed by atoms with Gasteiger partial charge in [-0.3, -0.25) is 0 Å². The summed E-state index contributed by atoms with van der Waals surface area (Å²) in [7, 11) is 0. The Kier molecular flexibility index (Phi) is 8.10. The second-order valence-corrected chi connectivity index (χ2v) is 10.8. The Labute approximate surface area is 193 Å². The van der Waals surface area contributed by atoms with Gasteiger partial charge in [0.15, 0.2) is 0 Å². The second-order valence-electron chi connectivity index (χ2n) is 10.4. The number of rotatable bonds is 7. The molecule has 0 bridgehead atoms. The highest BCUT2D eigenvalue weighted by Crippen LogP contribution is 2.44. The van der Waals surface area contributed by atoms with Crippen molar-refractivity contribution >= 4 is 11.6 Å². The Hall–Kier alpha value is -1.34. The molecule has 2 aliphatic carbocycles. The van der Waals surface area contributed by atoms with E-state index in [4.69, 9.17) is 11.6 Å². The molecule has 0 radical (unpaired) electrons. The normalized spacial score (nSPS) is 27.7. The highest BCUT2D eigenvalue weighted by molar-refractivity contribution is 6.30. The minimum absolute atomic E-state index is 0.230. The summed E-state index contributed by atoms with van der Waals surface area (Å²) in [6.45, 7) is 2.40. The van der Waals surface area contributed by atoms with Crippen LogP contribution in [0.3, 0.4) is 0 Å². The van der Waals surface area contributed by atoms with Crippen molar-refractivity contribution in [3.8, 4) is 0 Å². The van der Waals surface area contributed by atoms with E-state index in [1.54, 1.807) is 12.1 Å². The summed E-state index contributed by atoms with van der Waals surface area (Å²) in [5, 5.41) is 0.230. The summed E-state index contributed by atoms with van der Waals surface area (Å²) in [6, 6.07) is 16.3. The molecule has 2 aromatic rings. The monoisotopic (exact) mass is 440 g/mol. The van der Waals surface area contributed by atoms with E-state index in [0.717, 1.165) is 35.7 Å². The van der Waals surface area contributed by atoms with Crippen LogP contribution in [-0.2, 0) is 6.42 Å². The van der Waals surface area contributed by atoms with E-state index in [0.29, 0.717) is 5.92 Å². The molecule has 0 saturated heterocycles. The average Bonchev–Trinajstić information content (AvgIpc) is 2.81. The van der Waals surface area contributed by atoms with Gasteiger partial charge in [0.2, 0.25) is 0 Å². The molecular formula is C29H38ClF. The van der Waals surface area contributed by atoms with Gasteiger partial charge in [-0.25, -0.2) is 4.39 Å². The summed E-state index contributed by atoms with van der Waals surface area (Å²) >= 11 is 5.81. The highest BCUT2D eigenvalue weighted by atomic mass is 35.5. The summed E-state index contributed by atoms with van der Waals surface area (Å²) < 4.78 is 13.7. The molecule has 0 heterocycles. The Balaban J connectivity index is 1.16. The molecule has 1 atom stereocenters. The highest BCUT2D eigenvalue weighted by Gasteiger charge is 2.31. The van der Waals surface area contributed by atoms with Gasteiger partial charge in [0.25, 0.3) is 0 Å². The average molecular weight is 441 g/mol. The third-order valence-electron chi connectivity index (χ3n) is 8.33. The van der Waals surface area contributed by atoms with E-state index in [2.05, 4.69) is 37.3 Å². The lowest BCUT2D eigenvalue weighted by Crippen LogP contribution is -2.26. The standard InChI is InChI=1S/C29H38ClF/c1-21(25-5-3-2-4-6-25)19-23-11-16-27(17-12-23)26-14-9-22(10-15-26)7-8-24-13-18-28(30)29(31)20-24/h2-6,13,18,20-23,26-27H,7-12,14-17,19H2,1H3. The van der Waals surface area contributed by atoms with E-state index >= 15 is 0 Å². The van der Waals surface area contributed by atoms with Crippen LogP contribution in [0.2, 0.25) is 5.02 Å². The molecule has 2 aromatic carbocycles.